The maximum Gasteiger partial charge on any atom is 0.185 e. The number of anilines is 2. The van der Waals surface area contributed by atoms with Gasteiger partial charge in [0, 0.05) is 11.3 Å². The number of nitrogens with two attached hydrogens (primary N) is 1. The smallest absolute Gasteiger partial charge is 0.185 e. The van der Waals surface area contributed by atoms with Gasteiger partial charge in [-0.25, -0.2) is 14.3 Å². The normalized spacial score (nSPS) is 10.3. The fourth-order valence-electron chi connectivity index (χ4n) is 1.51. The standard InChI is InChI=1S/C12H9F3N2/c13-11-9(5-6-10(17-15)12(11)14)7-1-3-8(16)4-2-7/h1-6,17H,16H2. The van der Waals surface area contributed by atoms with Crippen molar-refractivity contribution >= 4 is 11.4 Å². The molecule has 2 aromatic carbocycles. The van der Waals surface area contributed by atoms with Crippen molar-refractivity contribution in [3.05, 3.63) is 48.0 Å². The van der Waals surface area contributed by atoms with Crippen LogP contribution in [-0.2, 0) is 0 Å². The van der Waals surface area contributed by atoms with Gasteiger partial charge in [0.2, 0.25) is 0 Å². The van der Waals surface area contributed by atoms with Gasteiger partial charge in [0.1, 0.15) is 5.69 Å². The topological polar surface area (TPSA) is 38.0 Å². The van der Waals surface area contributed by atoms with E-state index in [1.54, 1.807) is 24.3 Å². The highest BCUT2D eigenvalue weighted by Gasteiger charge is 2.14. The van der Waals surface area contributed by atoms with Crippen LogP contribution in [0.25, 0.3) is 11.1 Å². The molecule has 0 fully saturated rings. The fraction of sp³-hybridized carbons (Fsp3) is 0. The van der Waals surface area contributed by atoms with Crippen molar-refractivity contribution in [2.24, 2.45) is 0 Å². The third-order valence-electron chi connectivity index (χ3n) is 2.41. The zero-order valence-electron chi connectivity index (χ0n) is 8.68. The van der Waals surface area contributed by atoms with Crippen LogP contribution in [0.1, 0.15) is 0 Å². The minimum atomic E-state index is -1.25. The molecule has 0 aliphatic heterocycles. The van der Waals surface area contributed by atoms with E-state index >= 15 is 0 Å². The highest BCUT2D eigenvalue weighted by Crippen LogP contribution is 2.29. The second-order valence-corrected chi connectivity index (χ2v) is 3.51. The average molecular weight is 238 g/mol. The number of benzene rings is 2. The third kappa shape index (κ3) is 2.04. The van der Waals surface area contributed by atoms with Gasteiger partial charge >= 0.3 is 0 Å². The first-order valence-electron chi connectivity index (χ1n) is 4.84. The van der Waals surface area contributed by atoms with Crippen molar-refractivity contribution in [3.63, 3.8) is 0 Å². The zero-order chi connectivity index (χ0) is 12.4. The Balaban J connectivity index is 2.53. The molecule has 0 radical (unpaired) electrons. The summed E-state index contributed by atoms with van der Waals surface area (Å²) in [5.74, 6) is -2.35. The predicted molar refractivity (Wildman–Crippen MR) is 60.9 cm³/mol. The molecule has 0 heterocycles. The van der Waals surface area contributed by atoms with Crippen molar-refractivity contribution in [2.45, 2.75) is 0 Å². The van der Waals surface area contributed by atoms with Crippen molar-refractivity contribution < 1.29 is 13.3 Å². The van der Waals surface area contributed by atoms with Gasteiger partial charge in [-0.3, -0.25) is 0 Å². The molecular formula is C12H9F3N2. The summed E-state index contributed by atoms with van der Waals surface area (Å²) in [5, 5.41) is 0. The van der Waals surface area contributed by atoms with Crippen LogP contribution in [0.2, 0.25) is 0 Å². The van der Waals surface area contributed by atoms with Crippen molar-refractivity contribution in [1.82, 2.24) is 0 Å². The molecule has 5 heteroatoms. The minimum absolute atomic E-state index is 0.0569. The van der Waals surface area contributed by atoms with Crippen LogP contribution in [0, 0.1) is 11.6 Å². The molecule has 0 atom stereocenters. The van der Waals surface area contributed by atoms with E-state index in [4.69, 9.17) is 5.73 Å². The second-order valence-electron chi connectivity index (χ2n) is 3.51. The van der Waals surface area contributed by atoms with Gasteiger partial charge in [-0.15, -0.1) is 4.48 Å². The molecule has 0 unspecified atom stereocenters. The Kier molecular flexibility index (Phi) is 2.91. The monoisotopic (exact) mass is 238 g/mol. The maximum absolute atomic E-state index is 13.6. The number of rotatable bonds is 2. The van der Waals surface area contributed by atoms with Crippen LogP contribution in [0.4, 0.5) is 24.6 Å². The highest BCUT2D eigenvalue weighted by atomic mass is 19.2. The van der Waals surface area contributed by atoms with E-state index in [1.807, 2.05) is 0 Å². The SMILES string of the molecule is Nc1ccc(-c2ccc(NF)c(F)c2F)cc1. The maximum atomic E-state index is 13.6. The Morgan fingerprint density at radius 3 is 2.12 bits per heavy atom. The number of nitrogen functional groups attached to an aromatic ring is 1. The molecular weight excluding hydrogens is 229 g/mol. The van der Waals surface area contributed by atoms with Gasteiger partial charge in [-0.05, 0) is 29.8 Å². The van der Waals surface area contributed by atoms with Crippen LogP contribution in [-0.4, -0.2) is 0 Å². The predicted octanol–water partition coefficient (Wildman–Crippen LogP) is 3.51. The van der Waals surface area contributed by atoms with E-state index in [9.17, 15) is 13.3 Å². The fourth-order valence-corrected chi connectivity index (χ4v) is 1.51. The molecule has 3 N–H and O–H groups in total. The third-order valence-corrected chi connectivity index (χ3v) is 2.41. The molecule has 2 rings (SSSR count). The summed E-state index contributed by atoms with van der Waals surface area (Å²) in [4.78, 5) is 0. The summed E-state index contributed by atoms with van der Waals surface area (Å²) < 4.78 is 39.0. The van der Waals surface area contributed by atoms with Gasteiger partial charge in [0.25, 0.3) is 0 Å². The van der Waals surface area contributed by atoms with Crippen molar-refractivity contribution in [3.8, 4) is 11.1 Å². The summed E-state index contributed by atoms with van der Waals surface area (Å²) in [6, 6.07) is 8.71. The first-order chi connectivity index (χ1) is 8.13. The number of hydrogen-bond acceptors (Lipinski definition) is 2. The van der Waals surface area contributed by atoms with Gasteiger partial charge in [-0.1, -0.05) is 12.1 Å². The van der Waals surface area contributed by atoms with E-state index in [0.717, 1.165) is 11.6 Å². The van der Waals surface area contributed by atoms with Crippen LogP contribution < -0.4 is 11.3 Å². The van der Waals surface area contributed by atoms with E-state index in [0.29, 0.717) is 11.3 Å². The van der Waals surface area contributed by atoms with Crippen LogP contribution in [0.15, 0.2) is 36.4 Å². The molecule has 0 saturated carbocycles. The van der Waals surface area contributed by atoms with Gasteiger partial charge in [0.05, 0.1) is 0 Å². The molecule has 2 nitrogen and oxygen atoms in total. The Labute approximate surface area is 95.8 Å². The number of nitrogens with one attached hydrogen (secondary N) is 1. The summed E-state index contributed by atoms with van der Waals surface area (Å²) in [6.45, 7) is 0. The highest BCUT2D eigenvalue weighted by molar-refractivity contribution is 5.68. The van der Waals surface area contributed by atoms with E-state index in [1.165, 1.54) is 6.07 Å². The zero-order valence-corrected chi connectivity index (χ0v) is 8.68. The molecule has 0 amide bonds. The van der Waals surface area contributed by atoms with Gasteiger partial charge in [-0.2, -0.15) is 0 Å². The molecule has 88 valence electrons. The summed E-state index contributed by atoms with van der Waals surface area (Å²) >= 11 is 0. The first kappa shape index (κ1) is 11.3. The van der Waals surface area contributed by atoms with E-state index in [-0.39, 0.29) is 5.56 Å². The molecule has 2 aromatic rings. The molecule has 0 aliphatic carbocycles. The Hall–Kier alpha value is -2.17. The molecule has 0 bridgehead atoms. The lowest BCUT2D eigenvalue weighted by molar-refractivity contribution is 0.503. The Bertz CT molecular complexity index is 538. The molecule has 0 spiro atoms. The van der Waals surface area contributed by atoms with Crippen LogP contribution in [0.3, 0.4) is 0 Å². The number of hydrogen-bond donors (Lipinski definition) is 2. The quantitative estimate of drug-likeness (QED) is 0.620. The minimum Gasteiger partial charge on any atom is -0.399 e. The number of halogens is 3. The lowest BCUT2D eigenvalue weighted by Crippen LogP contribution is -1.95. The van der Waals surface area contributed by atoms with Crippen molar-refractivity contribution in [2.75, 3.05) is 11.3 Å². The molecule has 0 saturated heterocycles. The molecule has 0 aliphatic rings. The van der Waals surface area contributed by atoms with Crippen LogP contribution >= 0.6 is 0 Å². The van der Waals surface area contributed by atoms with Crippen LogP contribution in [0.5, 0.6) is 0 Å². The summed E-state index contributed by atoms with van der Waals surface area (Å²) in [7, 11) is 0. The molecule has 0 aromatic heterocycles. The summed E-state index contributed by atoms with van der Waals surface area (Å²) in [6.07, 6.45) is 0. The first-order valence-corrected chi connectivity index (χ1v) is 4.84. The van der Waals surface area contributed by atoms with Gasteiger partial charge < -0.3 is 5.73 Å². The Morgan fingerprint density at radius 1 is 0.882 bits per heavy atom. The lowest BCUT2D eigenvalue weighted by Gasteiger charge is -2.07. The Morgan fingerprint density at radius 2 is 1.53 bits per heavy atom. The van der Waals surface area contributed by atoms with E-state index in [2.05, 4.69) is 0 Å². The summed E-state index contributed by atoms with van der Waals surface area (Å²) in [5.41, 5.74) is 7.11. The lowest BCUT2D eigenvalue weighted by atomic mass is 10.0. The average Bonchev–Trinajstić information content (AvgIpc) is 2.34. The van der Waals surface area contributed by atoms with E-state index < -0.39 is 17.3 Å². The second kappa shape index (κ2) is 4.37. The van der Waals surface area contributed by atoms with Crippen molar-refractivity contribution in [1.29, 1.82) is 0 Å². The largest absolute Gasteiger partial charge is 0.399 e. The molecule has 17 heavy (non-hydrogen) atoms. The van der Waals surface area contributed by atoms with Gasteiger partial charge in [0.15, 0.2) is 11.6 Å².